The Bertz CT molecular complexity index is 674. The van der Waals surface area contributed by atoms with Crippen molar-refractivity contribution in [2.45, 2.75) is 39.5 Å². The van der Waals surface area contributed by atoms with Crippen molar-refractivity contribution in [3.05, 3.63) is 42.0 Å². The summed E-state index contributed by atoms with van der Waals surface area (Å²) in [5.74, 6) is -3.89. The smallest absolute Gasteiger partial charge is 0.414 e. The molecule has 0 amide bonds. The standard InChI is InChI=1S/C20H29NO2.C2H2O4/c1-3-5-6-10-15-23-20(22)19-16-21(4-2)14-13-18(19)17-11-8-7-9-12-17;3-1(4)2(5)6/h7-9,11-13,19H,3-6,10,14-16H2,1-2H3;(H,3,4)(H,5,6). The predicted octanol–water partition coefficient (Wildman–Crippen LogP) is 3.30. The Morgan fingerprint density at radius 1 is 1.03 bits per heavy atom. The third-order valence-corrected chi connectivity index (χ3v) is 4.65. The van der Waals surface area contributed by atoms with E-state index in [1.54, 1.807) is 0 Å². The van der Waals surface area contributed by atoms with Crippen molar-refractivity contribution in [3.63, 3.8) is 0 Å². The lowest BCUT2D eigenvalue weighted by Crippen LogP contribution is -2.38. The van der Waals surface area contributed by atoms with E-state index in [4.69, 9.17) is 24.5 Å². The second kappa shape index (κ2) is 13.5. The van der Waals surface area contributed by atoms with Crippen LogP contribution in [0.2, 0.25) is 0 Å². The van der Waals surface area contributed by atoms with Crippen LogP contribution in [0.4, 0.5) is 0 Å². The quantitative estimate of drug-likeness (QED) is 0.388. The van der Waals surface area contributed by atoms with Crippen LogP contribution >= 0.6 is 0 Å². The van der Waals surface area contributed by atoms with Crippen LogP contribution in [0.25, 0.3) is 5.57 Å². The van der Waals surface area contributed by atoms with Crippen LogP contribution in [0.5, 0.6) is 0 Å². The lowest BCUT2D eigenvalue weighted by molar-refractivity contribution is -0.159. The molecular formula is C22H31NO6. The van der Waals surface area contributed by atoms with Gasteiger partial charge in [-0.1, -0.05) is 69.5 Å². The van der Waals surface area contributed by atoms with E-state index in [9.17, 15) is 4.79 Å². The topological polar surface area (TPSA) is 104 Å². The number of carbonyl (C=O) groups is 3. The molecule has 1 aliphatic rings. The molecular weight excluding hydrogens is 374 g/mol. The number of rotatable bonds is 8. The fourth-order valence-corrected chi connectivity index (χ4v) is 3.01. The molecule has 2 rings (SSSR count). The first-order valence-corrected chi connectivity index (χ1v) is 10.0. The summed E-state index contributed by atoms with van der Waals surface area (Å²) in [5, 5.41) is 14.8. The van der Waals surface area contributed by atoms with Crippen molar-refractivity contribution in [2.24, 2.45) is 5.92 Å². The van der Waals surface area contributed by atoms with Crippen LogP contribution in [0.1, 0.15) is 45.1 Å². The molecule has 0 bridgehead atoms. The van der Waals surface area contributed by atoms with Gasteiger partial charge in [-0.15, -0.1) is 0 Å². The number of unbranched alkanes of at least 4 members (excludes halogenated alkanes) is 3. The second-order valence-electron chi connectivity index (χ2n) is 6.77. The van der Waals surface area contributed by atoms with Gasteiger partial charge in [-0.3, -0.25) is 9.69 Å². The maximum atomic E-state index is 12.6. The molecule has 0 radical (unpaired) electrons. The van der Waals surface area contributed by atoms with Gasteiger partial charge >= 0.3 is 17.9 Å². The molecule has 1 aromatic carbocycles. The minimum atomic E-state index is -1.82. The Morgan fingerprint density at radius 2 is 1.69 bits per heavy atom. The molecule has 1 unspecified atom stereocenters. The molecule has 1 heterocycles. The molecule has 0 spiro atoms. The minimum Gasteiger partial charge on any atom is -0.473 e. The van der Waals surface area contributed by atoms with E-state index in [-0.39, 0.29) is 11.9 Å². The lowest BCUT2D eigenvalue weighted by Gasteiger charge is -2.31. The number of benzene rings is 1. The molecule has 1 aliphatic heterocycles. The van der Waals surface area contributed by atoms with Gasteiger partial charge in [-0.25, -0.2) is 9.59 Å². The van der Waals surface area contributed by atoms with Crippen molar-refractivity contribution >= 4 is 23.5 Å². The van der Waals surface area contributed by atoms with Gasteiger partial charge in [0.05, 0.1) is 12.5 Å². The summed E-state index contributed by atoms with van der Waals surface area (Å²) >= 11 is 0. The Hall–Kier alpha value is -2.67. The monoisotopic (exact) mass is 405 g/mol. The first-order chi connectivity index (χ1) is 13.9. The highest BCUT2D eigenvalue weighted by atomic mass is 16.5. The van der Waals surface area contributed by atoms with Crippen molar-refractivity contribution in [1.29, 1.82) is 0 Å². The third kappa shape index (κ3) is 8.91. The number of carboxylic acid groups (broad SMARTS) is 2. The first-order valence-electron chi connectivity index (χ1n) is 10.0. The fraction of sp³-hybridized carbons (Fsp3) is 0.500. The van der Waals surface area contributed by atoms with Crippen molar-refractivity contribution < 1.29 is 29.3 Å². The van der Waals surface area contributed by atoms with Gasteiger partial charge in [0.15, 0.2) is 0 Å². The maximum Gasteiger partial charge on any atom is 0.414 e. The molecule has 0 saturated heterocycles. The molecule has 1 atom stereocenters. The van der Waals surface area contributed by atoms with Crippen LogP contribution in [-0.4, -0.2) is 59.3 Å². The molecule has 0 fully saturated rings. The summed E-state index contributed by atoms with van der Waals surface area (Å²) < 4.78 is 5.57. The van der Waals surface area contributed by atoms with E-state index in [2.05, 4.69) is 37.0 Å². The van der Waals surface area contributed by atoms with Gasteiger partial charge in [0.25, 0.3) is 0 Å². The van der Waals surface area contributed by atoms with Crippen molar-refractivity contribution in [1.82, 2.24) is 4.90 Å². The predicted molar refractivity (Wildman–Crippen MR) is 110 cm³/mol. The lowest BCUT2D eigenvalue weighted by atomic mass is 9.89. The van der Waals surface area contributed by atoms with E-state index in [0.717, 1.165) is 43.6 Å². The molecule has 7 heteroatoms. The summed E-state index contributed by atoms with van der Waals surface area (Å²) in [6, 6.07) is 10.2. The normalized spacial score (nSPS) is 16.2. The molecule has 1 aromatic rings. The van der Waals surface area contributed by atoms with E-state index >= 15 is 0 Å². The highest BCUT2D eigenvalue weighted by Gasteiger charge is 2.30. The van der Waals surface area contributed by atoms with Gasteiger partial charge in [-0.2, -0.15) is 0 Å². The van der Waals surface area contributed by atoms with E-state index in [1.165, 1.54) is 12.8 Å². The second-order valence-corrected chi connectivity index (χ2v) is 6.77. The number of ether oxygens (including phenoxy) is 1. The Kier molecular flexibility index (Phi) is 11.3. The number of carboxylic acids is 2. The van der Waals surface area contributed by atoms with Gasteiger partial charge in [-0.05, 0) is 24.1 Å². The fourth-order valence-electron chi connectivity index (χ4n) is 3.01. The highest BCUT2D eigenvalue weighted by molar-refractivity contribution is 6.27. The van der Waals surface area contributed by atoms with E-state index < -0.39 is 11.9 Å². The van der Waals surface area contributed by atoms with Crippen molar-refractivity contribution in [3.8, 4) is 0 Å². The average molecular weight is 405 g/mol. The zero-order valence-corrected chi connectivity index (χ0v) is 17.2. The highest BCUT2D eigenvalue weighted by Crippen LogP contribution is 2.29. The number of hydrogen-bond donors (Lipinski definition) is 2. The van der Waals surface area contributed by atoms with Crippen LogP contribution < -0.4 is 0 Å². The van der Waals surface area contributed by atoms with E-state index in [1.807, 2.05) is 18.2 Å². The number of carbonyl (C=O) groups excluding carboxylic acids is 1. The van der Waals surface area contributed by atoms with Crippen molar-refractivity contribution in [2.75, 3.05) is 26.2 Å². The number of nitrogens with zero attached hydrogens (tertiary/aromatic N) is 1. The Morgan fingerprint density at radius 3 is 2.24 bits per heavy atom. The number of likely N-dealkylation sites (N-methyl/N-ethyl adjacent to an activating group) is 1. The van der Waals surface area contributed by atoms with Crippen LogP contribution in [0.3, 0.4) is 0 Å². The SMILES string of the molecule is CCCCCCOC(=O)C1CN(CC)CC=C1c1ccccc1.O=C(O)C(=O)O. The van der Waals surface area contributed by atoms with Crippen LogP contribution in [-0.2, 0) is 19.1 Å². The van der Waals surface area contributed by atoms with Gasteiger partial charge in [0.2, 0.25) is 0 Å². The maximum absolute atomic E-state index is 12.6. The zero-order chi connectivity index (χ0) is 21.6. The minimum absolute atomic E-state index is 0.0743. The largest absolute Gasteiger partial charge is 0.473 e. The molecule has 0 aliphatic carbocycles. The molecule has 7 nitrogen and oxygen atoms in total. The zero-order valence-electron chi connectivity index (χ0n) is 17.2. The third-order valence-electron chi connectivity index (χ3n) is 4.65. The van der Waals surface area contributed by atoms with Gasteiger partial charge in [0, 0.05) is 13.1 Å². The summed E-state index contributed by atoms with van der Waals surface area (Å²) in [7, 11) is 0. The summed E-state index contributed by atoms with van der Waals surface area (Å²) in [5.41, 5.74) is 2.25. The van der Waals surface area contributed by atoms with Gasteiger partial charge < -0.3 is 14.9 Å². The average Bonchev–Trinajstić information content (AvgIpc) is 2.74. The van der Waals surface area contributed by atoms with Crippen LogP contribution in [0, 0.1) is 5.92 Å². The molecule has 0 aromatic heterocycles. The number of esters is 1. The van der Waals surface area contributed by atoms with Crippen LogP contribution in [0.15, 0.2) is 36.4 Å². The molecule has 2 N–H and O–H groups in total. The number of hydrogen-bond acceptors (Lipinski definition) is 5. The summed E-state index contributed by atoms with van der Waals surface area (Å²) in [6.45, 7) is 7.48. The Balaban J connectivity index is 0.000000612. The van der Waals surface area contributed by atoms with Gasteiger partial charge in [0.1, 0.15) is 0 Å². The summed E-state index contributed by atoms with van der Waals surface area (Å²) in [4.78, 5) is 33.1. The summed E-state index contributed by atoms with van der Waals surface area (Å²) in [6.07, 6.45) is 6.69. The number of aliphatic carboxylic acids is 2. The first kappa shape index (κ1) is 24.4. The Labute approximate surface area is 172 Å². The molecule has 0 saturated carbocycles. The molecule has 160 valence electrons. The van der Waals surface area contributed by atoms with E-state index in [0.29, 0.717) is 6.61 Å². The molecule has 29 heavy (non-hydrogen) atoms.